The Morgan fingerprint density at radius 1 is 1.14 bits per heavy atom. The maximum Gasteiger partial charge on any atom is 0.137 e. The molecule has 1 aromatic rings. The summed E-state index contributed by atoms with van der Waals surface area (Å²) < 4.78 is 0. The van der Waals surface area contributed by atoms with Crippen LogP contribution < -0.4 is 10.2 Å². The van der Waals surface area contributed by atoms with Crippen molar-refractivity contribution in [2.45, 2.75) is 64.8 Å². The van der Waals surface area contributed by atoms with E-state index in [9.17, 15) is 0 Å². The van der Waals surface area contributed by atoms with Gasteiger partial charge >= 0.3 is 0 Å². The molecule has 4 nitrogen and oxygen atoms in total. The van der Waals surface area contributed by atoms with E-state index in [0.29, 0.717) is 12.0 Å². The molecule has 21 heavy (non-hydrogen) atoms. The van der Waals surface area contributed by atoms with Crippen LogP contribution in [0.15, 0.2) is 0 Å². The van der Waals surface area contributed by atoms with Gasteiger partial charge < -0.3 is 10.2 Å². The third-order valence-corrected chi connectivity index (χ3v) is 5.16. The largest absolute Gasteiger partial charge is 0.373 e. The molecule has 2 heterocycles. The molecule has 2 aliphatic rings. The lowest BCUT2D eigenvalue weighted by Gasteiger charge is -2.39. The van der Waals surface area contributed by atoms with Crippen molar-refractivity contribution in [1.29, 1.82) is 0 Å². The summed E-state index contributed by atoms with van der Waals surface area (Å²) in [5.74, 6) is 4.37. The molecule has 1 aromatic heterocycles. The molecule has 2 unspecified atom stereocenters. The average molecular weight is 288 g/mol. The first kappa shape index (κ1) is 14.6. The molecule has 0 radical (unpaired) electrons. The SMILES string of the molecule is CNc1nc(C(C)C)nc(N2CCCC3CCCC32)c1C. The van der Waals surface area contributed by atoms with Crippen molar-refractivity contribution in [2.75, 3.05) is 23.8 Å². The van der Waals surface area contributed by atoms with E-state index in [4.69, 9.17) is 4.98 Å². The predicted molar refractivity (Wildman–Crippen MR) is 88.1 cm³/mol. The van der Waals surface area contributed by atoms with E-state index >= 15 is 0 Å². The minimum absolute atomic E-state index is 0.362. The second-order valence-corrected chi connectivity index (χ2v) is 6.88. The number of hydrogen-bond acceptors (Lipinski definition) is 4. The van der Waals surface area contributed by atoms with Crippen molar-refractivity contribution in [3.05, 3.63) is 11.4 Å². The van der Waals surface area contributed by atoms with Crippen LogP contribution in [0.4, 0.5) is 11.6 Å². The number of nitrogens with zero attached hydrogens (tertiary/aromatic N) is 3. The first-order valence-corrected chi connectivity index (χ1v) is 8.44. The van der Waals surface area contributed by atoms with E-state index in [-0.39, 0.29) is 0 Å². The van der Waals surface area contributed by atoms with Gasteiger partial charge in [-0.1, -0.05) is 20.3 Å². The number of aromatic nitrogens is 2. The summed E-state index contributed by atoms with van der Waals surface area (Å²) >= 11 is 0. The van der Waals surface area contributed by atoms with Crippen molar-refractivity contribution < 1.29 is 0 Å². The number of rotatable bonds is 3. The smallest absolute Gasteiger partial charge is 0.137 e. The van der Waals surface area contributed by atoms with Crippen molar-refractivity contribution in [3.8, 4) is 0 Å². The molecule has 2 atom stereocenters. The van der Waals surface area contributed by atoms with Crippen LogP contribution in [-0.4, -0.2) is 29.6 Å². The number of nitrogens with one attached hydrogen (secondary N) is 1. The van der Waals surface area contributed by atoms with Gasteiger partial charge in [-0.15, -0.1) is 0 Å². The van der Waals surface area contributed by atoms with Crippen molar-refractivity contribution >= 4 is 11.6 Å². The first-order valence-electron chi connectivity index (χ1n) is 8.44. The summed E-state index contributed by atoms with van der Waals surface area (Å²) in [7, 11) is 1.96. The molecule has 0 bridgehead atoms. The van der Waals surface area contributed by atoms with Gasteiger partial charge in [0.15, 0.2) is 0 Å². The quantitative estimate of drug-likeness (QED) is 0.920. The fraction of sp³-hybridized carbons (Fsp3) is 0.765. The standard InChI is InChI=1S/C17H28N4/c1-11(2)15-19-16(18-4)12(3)17(20-15)21-10-6-8-13-7-5-9-14(13)21/h11,13-14H,5-10H2,1-4H3,(H,18,19,20). The van der Waals surface area contributed by atoms with Crippen molar-refractivity contribution in [1.82, 2.24) is 9.97 Å². The Morgan fingerprint density at radius 2 is 1.90 bits per heavy atom. The Labute approximate surface area is 128 Å². The Hall–Kier alpha value is -1.32. The number of anilines is 2. The molecule has 1 aliphatic heterocycles. The summed E-state index contributed by atoms with van der Waals surface area (Å²) in [6, 6.07) is 0.706. The van der Waals surface area contributed by atoms with Crippen molar-refractivity contribution in [3.63, 3.8) is 0 Å². The summed E-state index contributed by atoms with van der Waals surface area (Å²) in [4.78, 5) is 12.2. The lowest BCUT2D eigenvalue weighted by atomic mass is 9.91. The second-order valence-electron chi connectivity index (χ2n) is 6.88. The molecule has 2 fully saturated rings. The third kappa shape index (κ3) is 2.60. The van der Waals surface area contributed by atoms with Crippen molar-refractivity contribution in [2.24, 2.45) is 5.92 Å². The van der Waals surface area contributed by atoms with E-state index in [1.54, 1.807) is 0 Å². The Bertz CT molecular complexity index is 512. The van der Waals surface area contributed by atoms with Gasteiger partial charge in [-0.05, 0) is 38.5 Å². The molecule has 1 saturated carbocycles. The van der Waals surface area contributed by atoms with E-state index < -0.39 is 0 Å². The van der Waals surface area contributed by atoms with E-state index in [1.165, 1.54) is 43.5 Å². The molecular weight excluding hydrogens is 260 g/mol. The van der Waals surface area contributed by atoms with Gasteiger partial charge in [-0.3, -0.25) is 0 Å². The second kappa shape index (κ2) is 5.82. The molecule has 3 rings (SSSR count). The van der Waals surface area contributed by atoms with Gasteiger partial charge in [-0.2, -0.15) is 0 Å². The molecule has 4 heteroatoms. The van der Waals surface area contributed by atoms with E-state index in [2.05, 4.69) is 36.0 Å². The van der Waals surface area contributed by atoms with Crippen LogP contribution in [0.1, 0.15) is 63.3 Å². The Morgan fingerprint density at radius 3 is 2.62 bits per heavy atom. The van der Waals surface area contributed by atoms with Crippen LogP contribution in [0.5, 0.6) is 0 Å². The predicted octanol–water partition coefficient (Wildman–Crippen LogP) is 3.72. The highest BCUT2D eigenvalue weighted by atomic mass is 15.2. The minimum atomic E-state index is 0.362. The third-order valence-electron chi connectivity index (χ3n) is 5.16. The summed E-state index contributed by atoms with van der Waals surface area (Å²) in [5, 5.41) is 3.25. The Kier molecular flexibility index (Phi) is 4.05. The molecule has 116 valence electrons. The van der Waals surface area contributed by atoms with E-state index in [1.807, 2.05) is 7.05 Å². The highest BCUT2D eigenvalue weighted by Gasteiger charge is 2.36. The lowest BCUT2D eigenvalue weighted by Crippen LogP contribution is -2.43. The fourth-order valence-corrected chi connectivity index (χ4v) is 4.02. The molecule has 1 saturated heterocycles. The number of hydrogen-bond donors (Lipinski definition) is 1. The summed E-state index contributed by atoms with van der Waals surface area (Å²) in [5.41, 5.74) is 1.20. The van der Waals surface area contributed by atoms with Crippen LogP contribution in [0.3, 0.4) is 0 Å². The highest BCUT2D eigenvalue weighted by molar-refractivity contribution is 5.59. The van der Waals surface area contributed by atoms with Gasteiger partial charge in [0.05, 0.1) is 0 Å². The van der Waals surface area contributed by atoms with Gasteiger partial charge in [-0.25, -0.2) is 9.97 Å². The van der Waals surface area contributed by atoms with Gasteiger partial charge in [0.25, 0.3) is 0 Å². The minimum Gasteiger partial charge on any atom is -0.373 e. The average Bonchev–Trinajstić information content (AvgIpc) is 2.95. The maximum atomic E-state index is 4.94. The number of fused-ring (bicyclic) bond motifs is 1. The van der Waals surface area contributed by atoms with Gasteiger partial charge in [0.2, 0.25) is 0 Å². The first-order chi connectivity index (χ1) is 10.1. The zero-order valence-corrected chi connectivity index (χ0v) is 13.8. The monoisotopic (exact) mass is 288 g/mol. The maximum absolute atomic E-state index is 4.94. The van der Waals surface area contributed by atoms with Crippen LogP contribution in [0.2, 0.25) is 0 Å². The van der Waals surface area contributed by atoms with Crippen LogP contribution in [0.25, 0.3) is 0 Å². The molecule has 0 amide bonds. The zero-order valence-electron chi connectivity index (χ0n) is 13.8. The summed E-state index contributed by atoms with van der Waals surface area (Å²) in [6.45, 7) is 7.65. The molecular formula is C17H28N4. The highest BCUT2D eigenvalue weighted by Crippen LogP contribution is 2.40. The number of piperidine rings is 1. The van der Waals surface area contributed by atoms with Gasteiger partial charge in [0, 0.05) is 31.1 Å². The molecule has 0 aromatic carbocycles. The van der Waals surface area contributed by atoms with Gasteiger partial charge in [0.1, 0.15) is 17.5 Å². The zero-order chi connectivity index (χ0) is 15.0. The summed E-state index contributed by atoms with van der Waals surface area (Å²) in [6.07, 6.45) is 6.82. The van der Waals surface area contributed by atoms with E-state index in [0.717, 1.165) is 24.1 Å². The lowest BCUT2D eigenvalue weighted by molar-refractivity contribution is 0.360. The Balaban J connectivity index is 2.01. The molecule has 1 N–H and O–H groups in total. The fourth-order valence-electron chi connectivity index (χ4n) is 4.02. The van der Waals surface area contributed by atoms with Crippen LogP contribution in [0, 0.1) is 12.8 Å². The molecule has 0 spiro atoms. The normalized spacial score (nSPS) is 25.3. The molecule has 1 aliphatic carbocycles. The topological polar surface area (TPSA) is 41.1 Å². The van der Waals surface area contributed by atoms with Crippen LogP contribution >= 0.6 is 0 Å². The van der Waals surface area contributed by atoms with Crippen LogP contribution in [-0.2, 0) is 0 Å².